The summed E-state index contributed by atoms with van der Waals surface area (Å²) in [5.41, 5.74) is 8.04. The second kappa shape index (κ2) is 15.0. The molecular weight excluding hydrogens is 691 g/mol. The maximum atomic E-state index is 17.1. The van der Waals surface area contributed by atoms with Crippen molar-refractivity contribution in [1.82, 2.24) is 19.9 Å². The molecule has 0 aliphatic carbocycles. The van der Waals surface area contributed by atoms with Crippen LogP contribution in [-0.2, 0) is 12.7 Å². The molecule has 10 nitrogen and oxygen atoms in total. The summed E-state index contributed by atoms with van der Waals surface area (Å²) in [7, 11) is 1.88. The quantitative estimate of drug-likeness (QED) is 0.110. The van der Waals surface area contributed by atoms with Gasteiger partial charge in [-0.2, -0.15) is 28.4 Å². The van der Waals surface area contributed by atoms with Crippen molar-refractivity contribution in [1.29, 1.82) is 5.26 Å². The molecule has 0 saturated heterocycles. The van der Waals surface area contributed by atoms with Crippen molar-refractivity contribution in [3.05, 3.63) is 82.5 Å². The summed E-state index contributed by atoms with van der Waals surface area (Å²) in [5, 5.41) is 9.58. The van der Waals surface area contributed by atoms with Crippen molar-refractivity contribution in [3.63, 3.8) is 0 Å². The van der Waals surface area contributed by atoms with Gasteiger partial charge in [0.25, 0.3) is 0 Å². The zero-order valence-corrected chi connectivity index (χ0v) is 29.0. The van der Waals surface area contributed by atoms with Crippen LogP contribution in [0.4, 0.5) is 33.6 Å². The van der Waals surface area contributed by atoms with Crippen LogP contribution < -0.4 is 25.8 Å². The van der Waals surface area contributed by atoms with Crippen LogP contribution in [0.15, 0.2) is 59.1 Å². The number of anilines is 2. The van der Waals surface area contributed by atoms with Crippen LogP contribution in [0.2, 0.25) is 0 Å². The number of thioether (sulfide) groups is 1. The van der Waals surface area contributed by atoms with E-state index >= 15 is 17.6 Å². The molecule has 268 valence electrons. The molecule has 0 radical (unpaired) electrons. The first kappa shape index (κ1) is 37.1. The fourth-order valence-corrected chi connectivity index (χ4v) is 6.70. The Morgan fingerprint density at radius 2 is 1.98 bits per heavy atom. The zero-order chi connectivity index (χ0) is 37.2. The predicted octanol–water partition coefficient (Wildman–Crippen LogP) is 7.03. The average molecular weight is 727 g/mol. The van der Waals surface area contributed by atoms with Gasteiger partial charge in [-0.3, -0.25) is 4.90 Å². The number of halogens is 5. The molecule has 2 unspecified atom stereocenters. The Labute approximate surface area is 295 Å². The Bertz CT molecular complexity index is 2050. The maximum absolute atomic E-state index is 17.1. The first-order valence-corrected chi connectivity index (χ1v) is 16.7. The first-order chi connectivity index (χ1) is 24.3. The van der Waals surface area contributed by atoms with Gasteiger partial charge in [0.05, 0.1) is 33.5 Å². The van der Waals surface area contributed by atoms with Crippen molar-refractivity contribution in [3.8, 4) is 29.0 Å². The Kier molecular flexibility index (Phi) is 10.9. The van der Waals surface area contributed by atoms with Gasteiger partial charge in [0, 0.05) is 36.0 Å². The van der Waals surface area contributed by atoms with E-state index in [1.165, 1.54) is 6.20 Å². The molecule has 6 rings (SSSR count). The van der Waals surface area contributed by atoms with Crippen LogP contribution >= 0.6 is 11.8 Å². The molecule has 4 heterocycles. The topological polar surface area (TPSA) is 139 Å². The van der Waals surface area contributed by atoms with Crippen molar-refractivity contribution in [2.75, 3.05) is 37.4 Å². The van der Waals surface area contributed by atoms with E-state index in [-0.39, 0.29) is 53.8 Å². The van der Waals surface area contributed by atoms with Crippen LogP contribution in [0.3, 0.4) is 0 Å². The number of nitrogen functional groups attached to an aromatic ring is 1. The molecule has 0 spiro atoms. The molecule has 2 atom stereocenters. The van der Waals surface area contributed by atoms with Gasteiger partial charge in [-0.15, -0.1) is 0 Å². The van der Waals surface area contributed by atoms with Crippen molar-refractivity contribution in [2.24, 2.45) is 5.73 Å². The molecule has 2 aliphatic rings. The average Bonchev–Trinajstić information content (AvgIpc) is 3.44. The van der Waals surface area contributed by atoms with E-state index < -0.39 is 62.3 Å². The largest absolute Gasteiger partial charge is 0.490 e. The van der Waals surface area contributed by atoms with E-state index in [2.05, 4.69) is 21.5 Å². The maximum Gasteiger partial charge on any atom is 0.420 e. The lowest BCUT2D eigenvalue weighted by molar-refractivity contribution is -0.138. The molecule has 4 N–H and O–H groups in total. The second-order valence-corrected chi connectivity index (χ2v) is 12.6. The van der Waals surface area contributed by atoms with Gasteiger partial charge in [0.2, 0.25) is 0 Å². The normalized spacial score (nSPS) is 16.2. The summed E-state index contributed by atoms with van der Waals surface area (Å²) in [6, 6.07) is 6.31. The highest BCUT2D eigenvalue weighted by Crippen LogP contribution is 2.52. The van der Waals surface area contributed by atoms with Crippen LogP contribution in [0.25, 0.3) is 22.0 Å². The number of rotatable bonds is 8. The molecule has 0 fully saturated rings. The molecule has 2 aromatic carbocycles. The summed E-state index contributed by atoms with van der Waals surface area (Å²) < 4.78 is 89.6. The standard InChI is InChI=1S/C33H29F5N8O2S.C2H6/c1-16(22-7-5-11-45(22)3)48-32-43-27-24-28(47-13-12-46(31(24)44-32)15-18-6-4-10-42-30(18)41)25(33(36,37)38)23(26(27)35)19-8-9-21(34)29(20(19)14-39)49-17(2)40;1-2/h4-10,16,22H,2,11-13,15,40H2,1,3H3,(H2,41,42);1-2H3. The zero-order valence-electron chi connectivity index (χ0n) is 28.2. The summed E-state index contributed by atoms with van der Waals surface area (Å²) in [6.45, 7) is 9.67. The van der Waals surface area contributed by atoms with Gasteiger partial charge in [-0.05, 0) is 32.2 Å². The van der Waals surface area contributed by atoms with Crippen LogP contribution in [-0.4, -0.2) is 58.7 Å². The number of alkyl halides is 3. The van der Waals surface area contributed by atoms with Crippen LogP contribution in [0, 0.1) is 23.0 Å². The van der Waals surface area contributed by atoms with Gasteiger partial charge in [-0.1, -0.05) is 50.4 Å². The summed E-state index contributed by atoms with van der Waals surface area (Å²) >= 11 is 0.532. The van der Waals surface area contributed by atoms with Gasteiger partial charge >= 0.3 is 12.2 Å². The van der Waals surface area contributed by atoms with E-state index in [9.17, 15) is 9.65 Å². The number of nitrogens with two attached hydrogens (primary N) is 2. The number of nitriles is 1. The molecule has 0 bridgehead atoms. The third kappa shape index (κ3) is 7.22. The van der Waals surface area contributed by atoms with E-state index in [4.69, 9.17) is 20.9 Å². The van der Waals surface area contributed by atoms with E-state index in [1.807, 2.05) is 37.9 Å². The minimum absolute atomic E-state index is 0.00582. The van der Waals surface area contributed by atoms with Crippen molar-refractivity contribution in [2.45, 2.75) is 50.5 Å². The number of nitrogens with zero attached hydrogens (tertiary/aromatic N) is 6. The number of pyridine rings is 1. The number of aromatic nitrogens is 3. The summed E-state index contributed by atoms with van der Waals surface area (Å²) in [6.07, 6.45) is -0.400. The predicted molar refractivity (Wildman–Crippen MR) is 186 cm³/mol. The Hall–Kier alpha value is -5.14. The minimum atomic E-state index is -5.23. The number of benzene rings is 2. The molecule has 0 amide bonds. The van der Waals surface area contributed by atoms with E-state index in [0.29, 0.717) is 23.9 Å². The molecular formula is C35H35F5N8O2S. The van der Waals surface area contributed by atoms with Gasteiger partial charge in [0.1, 0.15) is 53.1 Å². The lowest BCUT2D eigenvalue weighted by Gasteiger charge is -2.27. The Morgan fingerprint density at radius 3 is 2.61 bits per heavy atom. The minimum Gasteiger partial charge on any atom is -0.490 e. The van der Waals surface area contributed by atoms with Gasteiger partial charge in [0.15, 0.2) is 5.82 Å². The van der Waals surface area contributed by atoms with Gasteiger partial charge in [-0.25, -0.2) is 13.8 Å². The highest BCUT2D eigenvalue weighted by atomic mass is 32.2. The highest BCUT2D eigenvalue weighted by molar-refractivity contribution is 8.03. The van der Waals surface area contributed by atoms with Crippen LogP contribution in [0.1, 0.15) is 37.5 Å². The summed E-state index contributed by atoms with van der Waals surface area (Å²) in [5.74, 6) is -3.05. The molecule has 16 heteroatoms. The first-order valence-electron chi connectivity index (χ1n) is 15.9. The lowest BCUT2D eigenvalue weighted by atomic mass is 9.92. The number of likely N-dealkylation sites (N-methyl/N-ethyl adjacent to an activating group) is 1. The summed E-state index contributed by atoms with van der Waals surface area (Å²) in [4.78, 5) is 16.1. The monoisotopic (exact) mass is 726 g/mol. The van der Waals surface area contributed by atoms with Gasteiger partial charge < -0.3 is 25.8 Å². The molecule has 51 heavy (non-hydrogen) atoms. The van der Waals surface area contributed by atoms with E-state index in [0.717, 1.165) is 12.1 Å². The SMILES string of the molecule is C=C(N)Sc1c(F)ccc(-c2c(C(F)(F)F)c3c4c(nc(OC(C)C5C=CCN5C)nc4c2F)N(Cc2cccnc2N)CCO3)c1C#N.CC. The second-order valence-electron chi connectivity index (χ2n) is 11.4. The molecule has 2 aromatic heterocycles. The molecule has 4 aromatic rings. The number of hydrogen-bond acceptors (Lipinski definition) is 11. The highest BCUT2D eigenvalue weighted by Gasteiger charge is 2.44. The van der Waals surface area contributed by atoms with E-state index in [1.54, 1.807) is 30.0 Å². The number of hydrogen-bond donors (Lipinski definition) is 2. The third-order valence-electron chi connectivity index (χ3n) is 8.21. The number of ether oxygens (including phenoxy) is 2. The smallest absolute Gasteiger partial charge is 0.420 e. The fourth-order valence-electron chi connectivity index (χ4n) is 6.01. The molecule has 0 saturated carbocycles. The van der Waals surface area contributed by atoms with Crippen molar-refractivity contribution < 1.29 is 31.4 Å². The fraction of sp³-hybridized carbons (Fsp3) is 0.314. The Morgan fingerprint density at radius 1 is 1.24 bits per heavy atom. The third-order valence-corrected chi connectivity index (χ3v) is 9.08. The molecule has 2 aliphatic heterocycles. The van der Waals surface area contributed by atoms with Crippen molar-refractivity contribution >= 4 is 34.3 Å². The Balaban J connectivity index is 0.00000248. The van der Waals surface area contributed by atoms with Crippen LogP contribution in [0.5, 0.6) is 11.8 Å². The lowest BCUT2D eigenvalue weighted by Crippen LogP contribution is -2.38.